The summed E-state index contributed by atoms with van der Waals surface area (Å²) in [5.41, 5.74) is 2.27. The summed E-state index contributed by atoms with van der Waals surface area (Å²) in [5, 5.41) is 3.26. The van der Waals surface area contributed by atoms with Crippen molar-refractivity contribution in [3.8, 4) is 11.5 Å². The lowest BCUT2D eigenvalue weighted by Crippen LogP contribution is -2.49. The van der Waals surface area contributed by atoms with Gasteiger partial charge >= 0.3 is 0 Å². The van der Waals surface area contributed by atoms with Gasteiger partial charge in [-0.2, -0.15) is 0 Å². The molecule has 1 aromatic carbocycles. The van der Waals surface area contributed by atoms with Crippen molar-refractivity contribution in [3.05, 3.63) is 23.3 Å². The molecule has 1 N–H and O–H groups in total. The Morgan fingerprint density at radius 1 is 1.21 bits per heavy atom. The van der Waals surface area contributed by atoms with Crippen LogP contribution in [0.5, 0.6) is 11.5 Å². The number of rotatable bonds is 6. The van der Waals surface area contributed by atoms with Crippen molar-refractivity contribution in [2.45, 2.75) is 13.5 Å². The van der Waals surface area contributed by atoms with Crippen molar-refractivity contribution in [1.82, 2.24) is 15.1 Å². The second-order valence-corrected chi connectivity index (χ2v) is 5.94. The number of likely N-dealkylation sites (N-methyl/N-ethyl adjacent to an activating group) is 1. The van der Waals surface area contributed by atoms with Crippen LogP contribution in [0.15, 0.2) is 12.1 Å². The van der Waals surface area contributed by atoms with Gasteiger partial charge in [-0.3, -0.25) is 9.69 Å². The number of carbonyl (C=O) groups excluding carboxylic acids is 1. The first-order valence-corrected chi connectivity index (χ1v) is 7.93. The molecule has 1 saturated heterocycles. The topological polar surface area (TPSA) is 54.0 Å². The Bertz CT molecular complexity index is 548. The predicted octanol–water partition coefficient (Wildman–Crippen LogP) is 1.30. The maximum absolute atomic E-state index is 12.3. The zero-order valence-electron chi connectivity index (χ0n) is 14.9. The van der Waals surface area contributed by atoms with Crippen molar-refractivity contribution in [2.75, 3.05) is 54.0 Å². The molecule has 0 aromatic heterocycles. The van der Waals surface area contributed by atoms with Crippen molar-refractivity contribution in [2.24, 2.45) is 0 Å². The number of benzene rings is 1. The lowest BCUT2D eigenvalue weighted by molar-refractivity contribution is -0.132. The number of carbonyl (C=O) groups is 1. The number of amides is 1. The van der Waals surface area contributed by atoms with E-state index in [4.69, 9.17) is 9.47 Å². The molecule has 0 unspecified atom stereocenters. The summed E-state index contributed by atoms with van der Waals surface area (Å²) in [7, 11) is 5.24. The van der Waals surface area contributed by atoms with E-state index < -0.39 is 0 Å². The number of hydrogen-bond donors (Lipinski definition) is 1. The highest BCUT2D eigenvalue weighted by molar-refractivity contribution is 5.85. The van der Waals surface area contributed by atoms with E-state index in [0.29, 0.717) is 13.1 Å². The number of piperazine rings is 1. The zero-order chi connectivity index (χ0) is 16.8. The molecule has 0 aliphatic carbocycles. The van der Waals surface area contributed by atoms with E-state index >= 15 is 0 Å². The Morgan fingerprint density at radius 3 is 2.38 bits per heavy atom. The van der Waals surface area contributed by atoms with Crippen molar-refractivity contribution in [3.63, 3.8) is 0 Å². The third-order valence-electron chi connectivity index (χ3n) is 4.16. The van der Waals surface area contributed by atoms with E-state index in [1.165, 1.54) is 0 Å². The highest BCUT2D eigenvalue weighted by Gasteiger charge is 2.18. The minimum absolute atomic E-state index is 0. The molecule has 0 saturated carbocycles. The van der Waals surface area contributed by atoms with Gasteiger partial charge in [-0.1, -0.05) is 0 Å². The molecule has 2 rings (SSSR count). The van der Waals surface area contributed by atoms with Crippen molar-refractivity contribution in [1.29, 1.82) is 0 Å². The first kappa shape index (κ1) is 20.5. The normalized spacial score (nSPS) is 14.3. The summed E-state index contributed by atoms with van der Waals surface area (Å²) in [6.45, 7) is 6.51. The molecule has 0 bridgehead atoms. The second-order valence-electron chi connectivity index (χ2n) is 5.94. The zero-order valence-corrected chi connectivity index (χ0v) is 15.7. The fraction of sp³-hybridized carbons (Fsp3) is 0.588. The van der Waals surface area contributed by atoms with Gasteiger partial charge in [0.2, 0.25) is 5.91 Å². The average molecular weight is 358 g/mol. The van der Waals surface area contributed by atoms with Gasteiger partial charge in [0.25, 0.3) is 0 Å². The Labute approximate surface area is 150 Å². The summed E-state index contributed by atoms with van der Waals surface area (Å²) < 4.78 is 10.7. The molecular formula is C17H28ClN3O3. The lowest BCUT2D eigenvalue weighted by atomic mass is 10.1. The fourth-order valence-electron chi connectivity index (χ4n) is 2.78. The monoisotopic (exact) mass is 357 g/mol. The van der Waals surface area contributed by atoms with E-state index in [2.05, 4.69) is 5.32 Å². The van der Waals surface area contributed by atoms with Crippen LogP contribution in [0, 0.1) is 6.92 Å². The van der Waals surface area contributed by atoms with Gasteiger partial charge in [0.15, 0.2) is 11.5 Å². The number of hydrogen-bond acceptors (Lipinski definition) is 5. The molecule has 24 heavy (non-hydrogen) atoms. The Kier molecular flexibility index (Phi) is 8.31. The smallest absolute Gasteiger partial charge is 0.236 e. The third kappa shape index (κ3) is 5.26. The summed E-state index contributed by atoms with van der Waals surface area (Å²) in [6, 6.07) is 3.96. The SMILES string of the molecule is COc1cc(C)c(CN(C)CC(=O)N2CCNCC2)cc1OC.Cl. The molecule has 1 fully saturated rings. The van der Waals surface area contributed by atoms with E-state index in [1.54, 1.807) is 14.2 Å². The van der Waals surface area contributed by atoms with Crippen LogP contribution < -0.4 is 14.8 Å². The van der Waals surface area contributed by atoms with Crippen LogP contribution in [0.25, 0.3) is 0 Å². The van der Waals surface area contributed by atoms with Gasteiger partial charge in [0.05, 0.1) is 20.8 Å². The van der Waals surface area contributed by atoms with Crippen LogP contribution in [0.4, 0.5) is 0 Å². The summed E-state index contributed by atoms with van der Waals surface area (Å²) >= 11 is 0. The van der Waals surface area contributed by atoms with E-state index in [9.17, 15) is 4.79 Å². The molecule has 6 nitrogen and oxygen atoms in total. The molecule has 1 aliphatic heterocycles. The Hall–Kier alpha value is -1.50. The quantitative estimate of drug-likeness (QED) is 0.831. The molecule has 0 atom stereocenters. The minimum atomic E-state index is 0. The van der Waals surface area contributed by atoms with E-state index in [-0.39, 0.29) is 18.3 Å². The average Bonchev–Trinajstić information content (AvgIpc) is 2.56. The van der Waals surface area contributed by atoms with E-state index in [1.807, 2.05) is 35.9 Å². The second kappa shape index (κ2) is 9.71. The van der Waals surface area contributed by atoms with Crippen LogP contribution in [-0.4, -0.2) is 69.7 Å². The van der Waals surface area contributed by atoms with Crippen LogP contribution in [0.2, 0.25) is 0 Å². The Balaban J connectivity index is 0.00000288. The number of methoxy groups -OCH3 is 2. The highest BCUT2D eigenvalue weighted by Crippen LogP contribution is 2.30. The first-order chi connectivity index (χ1) is 11.0. The molecule has 1 aliphatic rings. The summed E-state index contributed by atoms with van der Waals surface area (Å²) in [6.07, 6.45) is 0. The maximum Gasteiger partial charge on any atom is 0.236 e. The number of aryl methyl sites for hydroxylation is 1. The van der Waals surface area contributed by atoms with Crippen molar-refractivity contribution < 1.29 is 14.3 Å². The largest absolute Gasteiger partial charge is 0.493 e. The minimum Gasteiger partial charge on any atom is -0.493 e. The molecule has 136 valence electrons. The first-order valence-electron chi connectivity index (χ1n) is 7.93. The molecular weight excluding hydrogens is 330 g/mol. The number of ether oxygens (including phenoxy) is 2. The fourth-order valence-corrected chi connectivity index (χ4v) is 2.78. The Morgan fingerprint density at radius 2 is 1.79 bits per heavy atom. The van der Waals surface area contributed by atoms with Crippen LogP contribution in [0.3, 0.4) is 0 Å². The number of nitrogens with one attached hydrogen (secondary N) is 1. The van der Waals surface area contributed by atoms with Gasteiger partial charge in [-0.25, -0.2) is 0 Å². The molecule has 1 aromatic rings. The van der Waals surface area contributed by atoms with Gasteiger partial charge in [0, 0.05) is 32.7 Å². The van der Waals surface area contributed by atoms with Gasteiger partial charge in [-0.05, 0) is 37.2 Å². The van der Waals surface area contributed by atoms with Gasteiger partial charge in [0.1, 0.15) is 0 Å². The predicted molar refractivity (Wildman–Crippen MR) is 97.3 cm³/mol. The van der Waals surface area contributed by atoms with Gasteiger partial charge < -0.3 is 19.7 Å². The number of halogens is 1. The number of nitrogens with zero attached hydrogens (tertiary/aromatic N) is 2. The van der Waals surface area contributed by atoms with Crippen molar-refractivity contribution >= 4 is 18.3 Å². The lowest BCUT2D eigenvalue weighted by Gasteiger charge is -2.29. The highest BCUT2D eigenvalue weighted by atomic mass is 35.5. The van der Waals surface area contributed by atoms with Crippen LogP contribution in [-0.2, 0) is 11.3 Å². The van der Waals surface area contributed by atoms with E-state index in [0.717, 1.165) is 48.8 Å². The molecule has 0 radical (unpaired) electrons. The third-order valence-corrected chi connectivity index (χ3v) is 4.16. The van der Waals surface area contributed by atoms with Gasteiger partial charge in [-0.15, -0.1) is 12.4 Å². The molecule has 1 amide bonds. The standard InChI is InChI=1S/C17H27N3O3.ClH/c1-13-9-15(22-3)16(23-4)10-14(13)11-19(2)12-17(21)20-7-5-18-6-8-20;/h9-10,18H,5-8,11-12H2,1-4H3;1H. The summed E-state index contributed by atoms with van der Waals surface area (Å²) in [5.74, 6) is 1.63. The van der Waals surface area contributed by atoms with Crippen LogP contribution >= 0.6 is 12.4 Å². The molecule has 7 heteroatoms. The van der Waals surface area contributed by atoms with Crippen LogP contribution in [0.1, 0.15) is 11.1 Å². The maximum atomic E-state index is 12.3. The summed E-state index contributed by atoms with van der Waals surface area (Å²) in [4.78, 5) is 16.3. The molecule has 1 heterocycles. The molecule has 0 spiro atoms.